The van der Waals surface area contributed by atoms with Gasteiger partial charge in [-0.2, -0.15) is 0 Å². The molecule has 0 spiro atoms. The normalized spacial score (nSPS) is 24.1. The Morgan fingerprint density at radius 1 is 1.16 bits per heavy atom. The van der Waals surface area contributed by atoms with Crippen LogP contribution >= 0.6 is 0 Å². The Balaban J connectivity index is 1.14. The first-order chi connectivity index (χ1) is 15.2. The second-order valence-electron chi connectivity index (χ2n) is 9.48. The second kappa shape index (κ2) is 9.09. The molecule has 2 aliphatic heterocycles. The zero-order valence-corrected chi connectivity index (χ0v) is 18.4. The monoisotopic (exact) mass is 422 g/mol. The van der Waals surface area contributed by atoms with Gasteiger partial charge in [0.2, 0.25) is 5.91 Å². The van der Waals surface area contributed by atoms with Crippen LogP contribution in [0.5, 0.6) is 0 Å². The van der Waals surface area contributed by atoms with E-state index in [-0.39, 0.29) is 5.91 Å². The first kappa shape index (κ1) is 20.6. The van der Waals surface area contributed by atoms with Gasteiger partial charge in [0.1, 0.15) is 0 Å². The lowest BCUT2D eigenvalue weighted by molar-refractivity contribution is -0.134. The molecule has 31 heavy (non-hydrogen) atoms. The third-order valence-electron chi connectivity index (χ3n) is 7.25. The van der Waals surface area contributed by atoms with E-state index in [1.165, 1.54) is 32.1 Å². The average molecular weight is 423 g/mol. The van der Waals surface area contributed by atoms with E-state index in [1.54, 1.807) is 0 Å². The minimum atomic E-state index is 0.244. The summed E-state index contributed by atoms with van der Waals surface area (Å²) in [6, 6.07) is 4.79. The van der Waals surface area contributed by atoms with Crippen LogP contribution in [0.15, 0.2) is 34.6 Å². The summed E-state index contributed by atoms with van der Waals surface area (Å²) < 4.78 is 0. The van der Waals surface area contributed by atoms with Crippen molar-refractivity contribution in [3.05, 3.63) is 35.3 Å². The van der Waals surface area contributed by atoms with Crippen LogP contribution in [-0.4, -0.2) is 83.7 Å². The predicted molar refractivity (Wildman–Crippen MR) is 122 cm³/mol. The number of carbonyl (C=O) groups excluding carboxylic acids is 1. The fourth-order valence-corrected chi connectivity index (χ4v) is 4.77. The van der Waals surface area contributed by atoms with E-state index < -0.39 is 0 Å². The van der Waals surface area contributed by atoms with Gasteiger partial charge in [-0.15, -0.1) is 0 Å². The first-order valence-corrected chi connectivity index (χ1v) is 11.9. The topological polar surface area (TPSA) is 78.1 Å². The van der Waals surface area contributed by atoms with Crippen molar-refractivity contribution in [1.29, 1.82) is 0 Å². The number of pyridine rings is 1. The van der Waals surface area contributed by atoms with Crippen molar-refractivity contribution in [3.8, 4) is 0 Å². The minimum absolute atomic E-state index is 0.244. The maximum Gasteiger partial charge on any atom is 0.236 e. The Morgan fingerprint density at radius 3 is 2.68 bits per heavy atom. The Morgan fingerprint density at radius 2 is 1.97 bits per heavy atom. The van der Waals surface area contributed by atoms with Gasteiger partial charge in [0.05, 0.1) is 12.2 Å². The highest BCUT2D eigenvalue weighted by Crippen LogP contribution is 2.39. The van der Waals surface area contributed by atoms with Crippen molar-refractivity contribution < 1.29 is 4.79 Å². The lowest BCUT2D eigenvalue weighted by atomic mass is 9.91. The van der Waals surface area contributed by atoms with E-state index in [9.17, 15) is 4.79 Å². The average Bonchev–Trinajstić information content (AvgIpc) is 3.59. The zero-order valence-electron chi connectivity index (χ0n) is 18.4. The quantitative estimate of drug-likeness (QED) is 0.712. The number of hydrogen-bond donors (Lipinski definition) is 1. The highest BCUT2D eigenvalue weighted by Gasteiger charge is 2.30. The standard InChI is InChI=1S/C24H34N6O/c25-22-7-9-28(17-24(31)30-12-10-29(11-13-30)21-2-1-3-21)16-19(22)15-27-20-6-8-26-23(14-20)18-4-5-18/h6,8,14-15,18,21H,1-5,7,9-13,16-17,25H2. The molecule has 5 rings (SSSR count). The van der Waals surface area contributed by atoms with Gasteiger partial charge < -0.3 is 10.6 Å². The molecule has 1 aromatic rings. The van der Waals surface area contributed by atoms with Crippen LogP contribution in [0.4, 0.5) is 5.69 Å². The molecule has 0 unspecified atom stereocenters. The van der Waals surface area contributed by atoms with Gasteiger partial charge in [-0.05, 0) is 37.8 Å². The van der Waals surface area contributed by atoms with Crippen molar-refractivity contribution in [2.75, 3.05) is 45.8 Å². The molecule has 1 amide bonds. The largest absolute Gasteiger partial charge is 0.402 e. The Kier molecular flexibility index (Phi) is 6.05. The molecule has 2 saturated carbocycles. The molecule has 7 nitrogen and oxygen atoms in total. The SMILES string of the molecule is NC1=C(C=Nc2ccnc(C3CC3)c2)CN(CC(=O)N2CCN(C3CCC3)CC2)CC1. The molecule has 0 atom stereocenters. The lowest BCUT2D eigenvalue weighted by Gasteiger charge is -2.43. The highest BCUT2D eigenvalue weighted by molar-refractivity contribution is 5.83. The Hall–Kier alpha value is -2.25. The van der Waals surface area contributed by atoms with Crippen LogP contribution in [0, 0.1) is 0 Å². The summed E-state index contributed by atoms with van der Waals surface area (Å²) >= 11 is 0. The van der Waals surface area contributed by atoms with Gasteiger partial charge in [0.15, 0.2) is 0 Å². The molecule has 1 aromatic heterocycles. The van der Waals surface area contributed by atoms with E-state index in [2.05, 4.69) is 25.8 Å². The van der Waals surface area contributed by atoms with Gasteiger partial charge in [0.25, 0.3) is 0 Å². The molecule has 0 bridgehead atoms. The minimum Gasteiger partial charge on any atom is -0.402 e. The summed E-state index contributed by atoms with van der Waals surface area (Å²) in [5, 5.41) is 0. The molecule has 7 heteroatoms. The van der Waals surface area contributed by atoms with E-state index in [0.29, 0.717) is 19.0 Å². The maximum atomic E-state index is 12.9. The van der Waals surface area contributed by atoms with Crippen LogP contribution in [0.1, 0.15) is 50.1 Å². The van der Waals surface area contributed by atoms with E-state index in [4.69, 9.17) is 5.73 Å². The molecule has 3 fully saturated rings. The van der Waals surface area contributed by atoms with Crippen LogP contribution < -0.4 is 5.73 Å². The van der Waals surface area contributed by atoms with Gasteiger partial charge in [-0.3, -0.25) is 24.6 Å². The fraction of sp³-hybridized carbons (Fsp3) is 0.625. The number of aliphatic imine (C=N–C) groups is 1. The van der Waals surface area contributed by atoms with Gasteiger partial charge in [-0.25, -0.2) is 0 Å². The number of carbonyl (C=O) groups is 1. The Labute approximate surface area is 185 Å². The summed E-state index contributed by atoms with van der Waals surface area (Å²) in [4.78, 5) is 28.8. The third kappa shape index (κ3) is 4.99. The number of piperazine rings is 1. The van der Waals surface area contributed by atoms with Crippen molar-refractivity contribution >= 4 is 17.8 Å². The smallest absolute Gasteiger partial charge is 0.236 e. The molecule has 0 aromatic carbocycles. The van der Waals surface area contributed by atoms with Crippen LogP contribution in [0.3, 0.4) is 0 Å². The van der Waals surface area contributed by atoms with Gasteiger partial charge >= 0.3 is 0 Å². The number of nitrogens with two attached hydrogens (primary N) is 1. The highest BCUT2D eigenvalue weighted by atomic mass is 16.2. The number of hydrogen-bond acceptors (Lipinski definition) is 6. The molecule has 166 valence electrons. The van der Waals surface area contributed by atoms with Crippen molar-refractivity contribution in [2.24, 2.45) is 10.7 Å². The predicted octanol–water partition coefficient (Wildman–Crippen LogP) is 2.28. The van der Waals surface area contributed by atoms with Gasteiger partial charge in [-0.1, -0.05) is 6.42 Å². The molecule has 2 N–H and O–H groups in total. The second-order valence-corrected chi connectivity index (χ2v) is 9.48. The summed E-state index contributed by atoms with van der Waals surface area (Å²) in [5.74, 6) is 0.861. The molecule has 3 heterocycles. The molecule has 1 saturated heterocycles. The van der Waals surface area contributed by atoms with Crippen molar-refractivity contribution in [1.82, 2.24) is 19.7 Å². The van der Waals surface area contributed by atoms with Crippen LogP contribution in [0.2, 0.25) is 0 Å². The molecule has 2 aliphatic carbocycles. The third-order valence-corrected chi connectivity index (χ3v) is 7.25. The lowest BCUT2D eigenvalue weighted by Crippen LogP contribution is -2.55. The number of amides is 1. The summed E-state index contributed by atoms with van der Waals surface area (Å²) in [7, 11) is 0. The van der Waals surface area contributed by atoms with Crippen molar-refractivity contribution in [3.63, 3.8) is 0 Å². The first-order valence-electron chi connectivity index (χ1n) is 11.9. The summed E-state index contributed by atoms with van der Waals surface area (Å²) in [6.45, 7) is 5.75. The zero-order chi connectivity index (χ0) is 21.2. The van der Waals surface area contributed by atoms with E-state index in [0.717, 1.165) is 67.8 Å². The molecule has 0 radical (unpaired) electrons. The fourth-order valence-electron chi connectivity index (χ4n) is 4.77. The van der Waals surface area contributed by atoms with E-state index in [1.807, 2.05) is 23.4 Å². The summed E-state index contributed by atoms with van der Waals surface area (Å²) in [5.41, 5.74) is 10.3. The van der Waals surface area contributed by atoms with E-state index >= 15 is 0 Å². The summed E-state index contributed by atoms with van der Waals surface area (Å²) in [6.07, 6.45) is 11.0. The Bertz CT molecular complexity index is 865. The molecular formula is C24H34N6O. The molecular weight excluding hydrogens is 388 g/mol. The van der Waals surface area contributed by atoms with Crippen molar-refractivity contribution in [2.45, 2.75) is 50.5 Å². The number of nitrogens with zero attached hydrogens (tertiary/aromatic N) is 5. The van der Waals surface area contributed by atoms with Crippen LogP contribution in [0.25, 0.3) is 0 Å². The van der Waals surface area contributed by atoms with Crippen LogP contribution in [-0.2, 0) is 4.79 Å². The number of aromatic nitrogens is 1. The number of rotatable bonds is 6. The maximum absolute atomic E-state index is 12.9. The molecule has 4 aliphatic rings. The van der Waals surface area contributed by atoms with Gasteiger partial charge in [0, 0.05) is 87.0 Å².